The van der Waals surface area contributed by atoms with Crippen LogP contribution in [0.1, 0.15) is 265 Å². The van der Waals surface area contributed by atoms with Gasteiger partial charge in [-0.15, -0.1) is 0 Å². The van der Waals surface area contributed by atoms with Gasteiger partial charge in [-0.2, -0.15) is 0 Å². The van der Waals surface area contributed by atoms with Crippen molar-refractivity contribution < 1.29 is 43.2 Å². The number of hydrogen-bond donors (Lipinski definition) is 1. The monoisotopic (exact) mass is 1020 g/mol. The van der Waals surface area contributed by atoms with Crippen molar-refractivity contribution in [1.82, 2.24) is 9.80 Å². The normalized spacial score (nSPS) is 11.9. The molecule has 0 unspecified atom stereocenters. The highest BCUT2D eigenvalue weighted by atomic mass is 16.7. The molecule has 0 aliphatic carbocycles. The Hall–Kier alpha value is -2.31. The fourth-order valence-electron chi connectivity index (χ4n) is 8.75. The van der Waals surface area contributed by atoms with E-state index in [1.807, 2.05) is 0 Å². The first-order valence-corrected chi connectivity index (χ1v) is 30.5. The van der Waals surface area contributed by atoms with Crippen LogP contribution in [0.2, 0.25) is 0 Å². The van der Waals surface area contributed by atoms with E-state index in [0.717, 1.165) is 180 Å². The summed E-state index contributed by atoms with van der Waals surface area (Å²) < 4.78 is 28.8. The lowest BCUT2D eigenvalue weighted by atomic mass is 10.1. The molecule has 0 aliphatic heterocycles. The Morgan fingerprint density at radius 2 is 0.722 bits per heavy atom. The molecule has 0 aromatic rings. The first-order chi connectivity index (χ1) is 35.4. The van der Waals surface area contributed by atoms with E-state index in [1.54, 1.807) is 0 Å². The summed E-state index contributed by atoms with van der Waals surface area (Å²) in [6.07, 6.45) is 46.4. The van der Waals surface area contributed by atoms with Crippen LogP contribution in [0.3, 0.4) is 0 Å². The number of allylic oxidation sites excluding steroid dienone is 4. The topological polar surface area (TPSA) is 124 Å². The van der Waals surface area contributed by atoms with Crippen molar-refractivity contribution >= 4 is 17.9 Å². The maximum absolute atomic E-state index is 12.7. The smallest absolute Gasteiger partial charge is 0.305 e. The van der Waals surface area contributed by atoms with Crippen molar-refractivity contribution in [3.05, 3.63) is 24.3 Å². The largest absolute Gasteiger partial charge is 0.466 e. The van der Waals surface area contributed by atoms with Crippen LogP contribution < -0.4 is 0 Å². The van der Waals surface area contributed by atoms with Crippen molar-refractivity contribution in [3.63, 3.8) is 0 Å². The summed E-state index contributed by atoms with van der Waals surface area (Å²) >= 11 is 0. The molecule has 0 aliphatic rings. The Balaban J connectivity index is 4.69. The molecule has 0 saturated heterocycles. The van der Waals surface area contributed by atoms with Crippen molar-refractivity contribution in [2.24, 2.45) is 0 Å². The first kappa shape index (κ1) is 69.7. The van der Waals surface area contributed by atoms with Gasteiger partial charge >= 0.3 is 17.9 Å². The number of carbonyl (C=O) groups is 3. The summed E-state index contributed by atoms with van der Waals surface area (Å²) in [5.41, 5.74) is 0. The predicted octanol–water partition coefficient (Wildman–Crippen LogP) is 15.2. The summed E-state index contributed by atoms with van der Waals surface area (Å²) in [6.45, 7) is 17.2. The third-order valence-corrected chi connectivity index (χ3v) is 13.3. The third-order valence-electron chi connectivity index (χ3n) is 13.3. The zero-order valence-electron chi connectivity index (χ0n) is 47.6. The van der Waals surface area contributed by atoms with Gasteiger partial charge in [0.25, 0.3) is 0 Å². The van der Waals surface area contributed by atoms with Crippen LogP contribution in [0, 0.1) is 0 Å². The molecule has 0 saturated carbocycles. The lowest BCUT2D eigenvalue weighted by Crippen LogP contribution is -2.33. The zero-order valence-corrected chi connectivity index (χ0v) is 47.6. The summed E-state index contributed by atoms with van der Waals surface area (Å²) in [6, 6.07) is 0. The number of esters is 3. The Morgan fingerprint density at radius 3 is 1.14 bits per heavy atom. The van der Waals surface area contributed by atoms with Gasteiger partial charge < -0.3 is 38.6 Å². The molecule has 0 radical (unpaired) electrons. The van der Waals surface area contributed by atoms with E-state index in [1.165, 1.54) is 64.2 Å². The van der Waals surface area contributed by atoms with Crippen molar-refractivity contribution in [3.8, 4) is 0 Å². The Labute approximate surface area is 444 Å². The van der Waals surface area contributed by atoms with E-state index < -0.39 is 0 Å². The summed E-state index contributed by atoms with van der Waals surface area (Å²) in [5, 5.41) is 9.87. The molecule has 0 aromatic carbocycles. The van der Waals surface area contributed by atoms with E-state index in [0.29, 0.717) is 65.3 Å². The van der Waals surface area contributed by atoms with Crippen LogP contribution in [-0.4, -0.2) is 118 Å². The van der Waals surface area contributed by atoms with E-state index in [-0.39, 0.29) is 30.8 Å². The molecule has 0 fully saturated rings. The SMILES string of the molecule is CC/C=C\CCCCOC(CCC(=O)OCCCCCCN(CCO)CCCN(CCCCCC(=O)OCCCCCCCCC)CCCCCC(=O)OCCCCCCCCC)OCCCC/C=C\CC. The summed E-state index contributed by atoms with van der Waals surface area (Å²) in [5.74, 6) is -0.313. The van der Waals surface area contributed by atoms with Gasteiger partial charge in [-0.1, -0.05) is 155 Å². The lowest BCUT2D eigenvalue weighted by molar-refractivity contribution is -0.159. The Bertz CT molecular complexity index is 1150. The predicted molar refractivity (Wildman–Crippen MR) is 300 cm³/mol. The number of hydrogen-bond acceptors (Lipinski definition) is 11. The minimum atomic E-state index is -0.379. The molecular formula is C61H116N2O9. The highest BCUT2D eigenvalue weighted by molar-refractivity contribution is 5.69. The molecule has 0 spiro atoms. The molecule has 0 aromatic heterocycles. The molecule has 0 amide bonds. The molecule has 0 rings (SSSR count). The molecule has 1 N–H and O–H groups in total. The molecule has 0 atom stereocenters. The minimum absolute atomic E-state index is 0.0627. The van der Waals surface area contributed by atoms with Crippen molar-refractivity contribution in [1.29, 1.82) is 0 Å². The number of carbonyl (C=O) groups excluding carboxylic acids is 3. The van der Waals surface area contributed by atoms with Gasteiger partial charge in [0.15, 0.2) is 6.29 Å². The van der Waals surface area contributed by atoms with Gasteiger partial charge in [0, 0.05) is 39.0 Å². The van der Waals surface area contributed by atoms with Gasteiger partial charge in [0.1, 0.15) is 0 Å². The highest BCUT2D eigenvalue weighted by Crippen LogP contribution is 2.14. The average Bonchev–Trinajstić information content (AvgIpc) is 3.37. The summed E-state index contributed by atoms with van der Waals surface area (Å²) in [7, 11) is 0. The van der Waals surface area contributed by atoms with E-state index >= 15 is 0 Å². The van der Waals surface area contributed by atoms with Crippen LogP contribution in [-0.2, 0) is 38.1 Å². The molecule has 11 heteroatoms. The standard InChI is InChI=1S/C61H116N2O9/c1-5-9-13-17-21-26-36-53-68-58(65)42-31-29-34-46-62(47-35-30-32-43-59(66)69-54-37-27-22-18-14-10-6-2)49-41-50-63(51-52-64)48-33-23-28-38-55-70-60(67)44-45-61(71-56-39-24-19-15-11-7-3)72-57-40-25-20-16-12-8-4/h11-12,15-16,61,64H,5-10,13-14,17-57H2,1-4H3/b15-11-,16-12-. The number of nitrogens with zero attached hydrogens (tertiary/aromatic N) is 2. The number of aliphatic hydroxyl groups excluding tert-OH is 1. The van der Waals surface area contributed by atoms with Crippen LogP contribution in [0.5, 0.6) is 0 Å². The number of unbranched alkanes of at least 4 members (excludes halogenated alkanes) is 23. The van der Waals surface area contributed by atoms with E-state index in [9.17, 15) is 19.5 Å². The quantitative estimate of drug-likeness (QED) is 0.0206. The molecule has 0 bridgehead atoms. The van der Waals surface area contributed by atoms with Crippen molar-refractivity contribution in [2.75, 3.05) is 78.9 Å². The van der Waals surface area contributed by atoms with Gasteiger partial charge in [-0.25, -0.2) is 0 Å². The molecule has 11 nitrogen and oxygen atoms in total. The number of rotatable bonds is 58. The number of aliphatic hydroxyl groups is 1. The third kappa shape index (κ3) is 52.5. The first-order valence-electron chi connectivity index (χ1n) is 30.5. The Kier molecular flexibility index (Phi) is 56.1. The average molecular weight is 1020 g/mol. The van der Waals surface area contributed by atoms with Crippen LogP contribution >= 0.6 is 0 Å². The summed E-state index contributed by atoms with van der Waals surface area (Å²) in [4.78, 5) is 42.3. The van der Waals surface area contributed by atoms with Gasteiger partial charge in [0.2, 0.25) is 0 Å². The second-order valence-corrected chi connectivity index (χ2v) is 20.2. The fourth-order valence-corrected chi connectivity index (χ4v) is 8.75. The zero-order chi connectivity index (χ0) is 52.5. The highest BCUT2D eigenvalue weighted by Gasteiger charge is 2.14. The maximum Gasteiger partial charge on any atom is 0.305 e. The number of ether oxygens (including phenoxy) is 5. The molecular weight excluding hydrogens is 905 g/mol. The van der Waals surface area contributed by atoms with Gasteiger partial charge in [-0.05, 0) is 142 Å². The molecule has 0 heterocycles. The maximum atomic E-state index is 12.7. The van der Waals surface area contributed by atoms with E-state index in [4.69, 9.17) is 23.7 Å². The van der Waals surface area contributed by atoms with E-state index in [2.05, 4.69) is 61.8 Å². The van der Waals surface area contributed by atoms with Gasteiger partial charge in [0.05, 0.1) is 32.8 Å². The fraction of sp³-hybridized carbons (Fsp3) is 0.885. The second-order valence-electron chi connectivity index (χ2n) is 20.2. The molecule has 424 valence electrons. The van der Waals surface area contributed by atoms with Crippen LogP contribution in [0.4, 0.5) is 0 Å². The second kappa shape index (κ2) is 58.0. The lowest BCUT2D eigenvalue weighted by Gasteiger charge is -2.25. The Morgan fingerprint density at radius 1 is 0.375 bits per heavy atom. The van der Waals surface area contributed by atoms with Crippen LogP contribution in [0.25, 0.3) is 0 Å². The minimum Gasteiger partial charge on any atom is -0.466 e. The molecule has 72 heavy (non-hydrogen) atoms. The van der Waals surface area contributed by atoms with Crippen molar-refractivity contribution in [2.45, 2.75) is 272 Å². The van der Waals surface area contributed by atoms with Crippen LogP contribution in [0.15, 0.2) is 24.3 Å². The van der Waals surface area contributed by atoms with Gasteiger partial charge in [-0.3, -0.25) is 14.4 Å².